The van der Waals surface area contributed by atoms with Gasteiger partial charge < -0.3 is 10.0 Å². The first kappa shape index (κ1) is 31.0. The molecule has 44 heavy (non-hydrogen) atoms. The van der Waals surface area contributed by atoms with Gasteiger partial charge in [0.05, 0.1) is 16.8 Å². The quantitative estimate of drug-likeness (QED) is 0.243. The first-order valence-corrected chi connectivity index (χ1v) is 15.0. The normalized spacial score (nSPS) is 17.8. The van der Waals surface area contributed by atoms with Crippen molar-refractivity contribution in [2.75, 3.05) is 11.4 Å². The number of nitrogens with zero attached hydrogens (tertiary/aromatic N) is 5. The summed E-state index contributed by atoms with van der Waals surface area (Å²) in [7, 11) is 0. The van der Waals surface area contributed by atoms with E-state index in [0.717, 1.165) is 37.0 Å². The van der Waals surface area contributed by atoms with Crippen molar-refractivity contribution in [3.63, 3.8) is 0 Å². The average molecular weight is 602 g/mol. The van der Waals surface area contributed by atoms with E-state index < -0.39 is 17.3 Å². The summed E-state index contributed by atoms with van der Waals surface area (Å²) in [6.07, 6.45) is 6.62. The number of halogens is 2. The molecule has 1 aliphatic rings. The molecule has 0 bridgehead atoms. The van der Waals surface area contributed by atoms with Crippen LogP contribution in [0.3, 0.4) is 0 Å². The van der Waals surface area contributed by atoms with E-state index in [2.05, 4.69) is 21.5 Å². The number of hydrogen-bond acceptors (Lipinski definition) is 7. The van der Waals surface area contributed by atoms with E-state index >= 15 is 4.39 Å². The van der Waals surface area contributed by atoms with Crippen LogP contribution in [-0.4, -0.2) is 43.0 Å². The zero-order valence-electron chi connectivity index (χ0n) is 25.5. The number of fused-ring (bicyclic) bond motifs is 1. The molecule has 5 rings (SSSR count). The van der Waals surface area contributed by atoms with Gasteiger partial charge in [-0.05, 0) is 87.4 Å². The molecule has 4 heterocycles. The number of aryl methyl sites for hydroxylation is 1. The molecule has 2 atom stereocenters. The van der Waals surface area contributed by atoms with Crippen LogP contribution >= 0.6 is 0 Å². The zero-order chi connectivity index (χ0) is 31.7. The molecule has 3 aromatic heterocycles. The summed E-state index contributed by atoms with van der Waals surface area (Å²) in [5.74, 6) is -1.72. The van der Waals surface area contributed by atoms with Crippen molar-refractivity contribution in [2.24, 2.45) is 5.92 Å². The topological polar surface area (TPSA) is 101 Å². The van der Waals surface area contributed by atoms with Crippen molar-refractivity contribution in [3.8, 4) is 22.7 Å². The third-order valence-corrected chi connectivity index (χ3v) is 8.47. The Hall–Kier alpha value is -4.47. The molecule has 1 aromatic carbocycles. The molecular weight excluding hydrogens is 564 g/mol. The largest absolute Gasteiger partial charge is 0.508 e. The number of carbonyl (C=O) groups is 1. The van der Waals surface area contributed by atoms with Crippen LogP contribution in [0.1, 0.15) is 70.1 Å². The molecule has 0 spiro atoms. The van der Waals surface area contributed by atoms with Gasteiger partial charge in [-0.2, -0.15) is 4.98 Å². The van der Waals surface area contributed by atoms with E-state index in [4.69, 9.17) is 0 Å². The fourth-order valence-corrected chi connectivity index (χ4v) is 6.10. The maximum atomic E-state index is 16.0. The summed E-state index contributed by atoms with van der Waals surface area (Å²) in [6.45, 7) is 11.9. The number of anilines is 1. The number of pyridine rings is 2. The van der Waals surface area contributed by atoms with Crippen LogP contribution in [-0.2, 0) is 4.79 Å². The highest BCUT2D eigenvalue weighted by Crippen LogP contribution is 2.35. The summed E-state index contributed by atoms with van der Waals surface area (Å²) < 4.78 is 32.3. The van der Waals surface area contributed by atoms with Crippen molar-refractivity contribution >= 4 is 22.6 Å². The lowest BCUT2D eigenvalue weighted by atomic mass is 9.91. The molecule has 230 valence electrons. The van der Waals surface area contributed by atoms with Crippen LogP contribution in [0, 0.1) is 24.5 Å². The van der Waals surface area contributed by atoms with Crippen molar-refractivity contribution in [1.29, 1.82) is 0 Å². The Morgan fingerprint density at radius 1 is 1.09 bits per heavy atom. The fraction of sp³-hybridized carbons (Fsp3) is 0.382. The summed E-state index contributed by atoms with van der Waals surface area (Å²) in [4.78, 5) is 42.2. The number of benzene rings is 1. The Morgan fingerprint density at radius 3 is 2.59 bits per heavy atom. The number of rotatable bonds is 6. The molecule has 0 aliphatic carbocycles. The van der Waals surface area contributed by atoms with Gasteiger partial charge >= 0.3 is 5.69 Å². The Balaban J connectivity index is 1.79. The number of carbonyl (C=O) groups excluding carboxylic acids is 1. The summed E-state index contributed by atoms with van der Waals surface area (Å²) in [5.41, 5.74) is 0.763. The lowest BCUT2D eigenvalue weighted by molar-refractivity contribution is -0.118. The predicted molar refractivity (Wildman–Crippen MR) is 167 cm³/mol. The molecule has 1 aliphatic heterocycles. The van der Waals surface area contributed by atoms with Crippen LogP contribution in [0.15, 0.2) is 54.0 Å². The Labute approximate surface area is 255 Å². The molecule has 0 amide bonds. The molecule has 1 saturated heterocycles. The van der Waals surface area contributed by atoms with Crippen LogP contribution < -0.4 is 10.6 Å². The lowest BCUT2D eigenvalue weighted by Gasteiger charge is -2.31. The van der Waals surface area contributed by atoms with Gasteiger partial charge in [-0.25, -0.2) is 23.1 Å². The van der Waals surface area contributed by atoms with Crippen molar-refractivity contribution in [2.45, 2.75) is 71.8 Å². The van der Waals surface area contributed by atoms with E-state index in [9.17, 15) is 19.1 Å². The summed E-state index contributed by atoms with van der Waals surface area (Å²) >= 11 is 0. The Kier molecular flexibility index (Phi) is 8.90. The third-order valence-electron chi connectivity index (χ3n) is 8.47. The highest BCUT2D eigenvalue weighted by molar-refractivity contribution is 5.91. The van der Waals surface area contributed by atoms with Gasteiger partial charge in [0.25, 0.3) is 0 Å². The van der Waals surface area contributed by atoms with Crippen molar-refractivity contribution in [3.05, 3.63) is 82.6 Å². The average Bonchev–Trinajstić information content (AvgIpc) is 3.08. The zero-order valence-corrected chi connectivity index (χ0v) is 25.5. The van der Waals surface area contributed by atoms with E-state index in [1.807, 2.05) is 32.6 Å². The molecule has 1 fully saturated rings. The molecule has 1 unspecified atom stereocenters. The monoisotopic (exact) mass is 601 g/mol. The number of allylic oxidation sites excluding steroid dienone is 1. The van der Waals surface area contributed by atoms with Gasteiger partial charge in [0.2, 0.25) is 0 Å². The number of ketones is 1. The number of aromatic nitrogens is 4. The molecule has 0 radical (unpaired) electrons. The van der Waals surface area contributed by atoms with E-state index in [-0.39, 0.29) is 57.5 Å². The lowest BCUT2D eigenvalue weighted by Crippen LogP contribution is -2.37. The highest BCUT2D eigenvalue weighted by Gasteiger charge is 2.28. The minimum absolute atomic E-state index is 0.0302. The third kappa shape index (κ3) is 5.85. The first-order valence-electron chi connectivity index (χ1n) is 15.0. The first-order chi connectivity index (χ1) is 21.0. The molecule has 4 aromatic rings. The molecular formula is C34H37F2N5O3. The second kappa shape index (κ2) is 12.6. The Bertz CT molecular complexity index is 1800. The molecule has 10 heteroatoms. The summed E-state index contributed by atoms with van der Waals surface area (Å²) in [6, 6.07) is 6.20. The maximum absolute atomic E-state index is 16.0. The minimum Gasteiger partial charge on any atom is -0.508 e. The SMILES string of the molecule is C=CC(=O)C1CCCCN(c2nc(=O)n(-c3c(C)ccnc3C(C)C)c3nc(-c4cc(O)ccc4F)c(F)cc23)[C@@H](C)CC1. The second-order valence-electron chi connectivity index (χ2n) is 11.8. The fourth-order valence-electron chi connectivity index (χ4n) is 6.10. The smallest absolute Gasteiger partial charge is 0.355 e. The Morgan fingerprint density at radius 2 is 1.86 bits per heavy atom. The van der Waals surface area contributed by atoms with Crippen LogP contribution in [0.25, 0.3) is 28.0 Å². The van der Waals surface area contributed by atoms with Crippen LogP contribution in [0.2, 0.25) is 0 Å². The van der Waals surface area contributed by atoms with E-state index in [0.29, 0.717) is 30.8 Å². The van der Waals surface area contributed by atoms with E-state index in [1.165, 1.54) is 22.8 Å². The second-order valence-corrected chi connectivity index (χ2v) is 11.8. The van der Waals surface area contributed by atoms with Gasteiger partial charge in [-0.3, -0.25) is 9.78 Å². The van der Waals surface area contributed by atoms with Crippen LogP contribution in [0.5, 0.6) is 5.75 Å². The number of phenolic OH excluding ortho intramolecular Hbond substituents is 1. The number of aromatic hydroxyl groups is 1. The standard InChI is InChI=1S/C34H37F2N5O3/c1-6-28(43)22-9-7-8-16-40(21(5)10-11-22)32-25-18-27(36)30(24-17-23(42)12-13-26(24)35)38-33(25)41(34(44)39-32)31-20(4)14-15-37-29(31)19(2)3/h6,12-15,17-19,21-22,42H,1,7-11,16H2,2-5H3/t21-,22?/m0/s1. The maximum Gasteiger partial charge on any atom is 0.355 e. The summed E-state index contributed by atoms with van der Waals surface area (Å²) in [5, 5.41) is 10.4. The molecule has 8 nitrogen and oxygen atoms in total. The van der Waals surface area contributed by atoms with E-state index in [1.54, 1.807) is 12.3 Å². The van der Waals surface area contributed by atoms with Gasteiger partial charge in [-0.1, -0.05) is 26.8 Å². The molecule has 1 N–H and O–H groups in total. The minimum atomic E-state index is -0.823. The van der Waals surface area contributed by atoms with Crippen LogP contribution in [0.4, 0.5) is 14.6 Å². The highest BCUT2D eigenvalue weighted by atomic mass is 19.1. The van der Waals surface area contributed by atoms with Gasteiger partial charge in [0, 0.05) is 30.3 Å². The predicted octanol–water partition coefficient (Wildman–Crippen LogP) is 6.79. The van der Waals surface area contributed by atoms with Crippen molar-refractivity contribution in [1.82, 2.24) is 19.5 Å². The molecule has 0 saturated carbocycles. The van der Waals surface area contributed by atoms with Gasteiger partial charge in [-0.15, -0.1) is 0 Å². The number of phenols is 1. The van der Waals surface area contributed by atoms with Gasteiger partial charge in [0.15, 0.2) is 11.4 Å². The van der Waals surface area contributed by atoms with Gasteiger partial charge in [0.1, 0.15) is 28.9 Å². The number of hydrogen-bond donors (Lipinski definition) is 1. The van der Waals surface area contributed by atoms with Crippen molar-refractivity contribution < 1.29 is 18.7 Å².